The first-order chi connectivity index (χ1) is 8.44. The number of hydrogen-bond donors (Lipinski definition) is 2. The standard InChI is InChI=1S/C11H17N3O4/c1-7-9(16)13-8(15)6-14(7)10(17)11(12)2-4-18-5-3-11/h7H,2-6,12H2,1H3,(H,13,15,16). The second-order valence-electron chi connectivity index (χ2n) is 4.79. The molecule has 2 heterocycles. The topological polar surface area (TPSA) is 102 Å². The first-order valence-corrected chi connectivity index (χ1v) is 5.95. The molecule has 1 unspecified atom stereocenters. The summed E-state index contributed by atoms with van der Waals surface area (Å²) in [5.41, 5.74) is 5.05. The maximum absolute atomic E-state index is 12.4. The van der Waals surface area contributed by atoms with Crippen LogP contribution in [0.15, 0.2) is 0 Å². The van der Waals surface area contributed by atoms with Gasteiger partial charge in [-0.2, -0.15) is 0 Å². The molecule has 2 aliphatic rings. The van der Waals surface area contributed by atoms with E-state index in [0.717, 1.165) is 0 Å². The second-order valence-corrected chi connectivity index (χ2v) is 4.79. The molecule has 0 aliphatic carbocycles. The van der Waals surface area contributed by atoms with Crippen molar-refractivity contribution < 1.29 is 19.1 Å². The van der Waals surface area contributed by atoms with Gasteiger partial charge in [0.05, 0.1) is 5.54 Å². The number of piperazine rings is 1. The Hall–Kier alpha value is -1.47. The van der Waals surface area contributed by atoms with Crippen LogP contribution in [0, 0.1) is 0 Å². The van der Waals surface area contributed by atoms with E-state index in [1.165, 1.54) is 4.90 Å². The lowest BCUT2D eigenvalue weighted by molar-refractivity contribution is -0.154. The zero-order valence-corrected chi connectivity index (χ0v) is 10.3. The highest BCUT2D eigenvalue weighted by molar-refractivity contribution is 6.05. The first-order valence-electron chi connectivity index (χ1n) is 5.95. The average Bonchev–Trinajstić information content (AvgIpc) is 2.34. The minimum absolute atomic E-state index is 0.119. The van der Waals surface area contributed by atoms with Crippen molar-refractivity contribution in [3.63, 3.8) is 0 Å². The summed E-state index contributed by atoms with van der Waals surface area (Å²) >= 11 is 0. The molecule has 2 saturated heterocycles. The minimum Gasteiger partial charge on any atom is -0.381 e. The Morgan fingerprint density at radius 3 is 2.67 bits per heavy atom. The molecule has 0 spiro atoms. The molecule has 7 nitrogen and oxygen atoms in total. The van der Waals surface area contributed by atoms with Gasteiger partial charge in [0.2, 0.25) is 17.7 Å². The molecule has 0 radical (unpaired) electrons. The highest BCUT2D eigenvalue weighted by Crippen LogP contribution is 2.22. The Kier molecular flexibility index (Phi) is 3.36. The van der Waals surface area contributed by atoms with E-state index in [0.29, 0.717) is 26.1 Å². The van der Waals surface area contributed by atoms with Crippen molar-refractivity contribution in [3.05, 3.63) is 0 Å². The minimum atomic E-state index is -1.02. The van der Waals surface area contributed by atoms with Gasteiger partial charge in [0.1, 0.15) is 12.6 Å². The van der Waals surface area contributed by atoms with Crippen molar-refractivity contribution in [2.45, 2.75) is 31.3 Å². The summed E-state index contributed by atoms with van der Waals surface area (Å²) in [6.07, 6.45) is 0.815. The van der Waals surface area contributed by atoms with Crippen LogP contribution in [-0.2, 0) is 19.1 Å². The molecule has 1 atom stereocenters. The Balaban J connectivity index is 2.16. The smallest absolute Gasteiger partial charge is 0.249 e. The number of carbonyl (C=O) groups excluding carboxylic acids is 3. The predicted molar refractivity (Wildman–Crippen MR) is 61.3 cm³/mol. The maximum Gasteiger partial charge on any atom is 0.249 e. The van der Waals surface area contributed by atoms with Crippen LogP contribution in [0.1, 0.15) is 19.8 Å². The van der Waals surface area contributed by atoms with Crippen LogP contribution < -0.4 is 11.1 Å². The quantitative estimate of drug-likeness (QED) is 0.548. The van der Waals surface area contributed by atoms with E-state index in [4.69, 9.17) is 10.5 Å². The van der Waals surface area contributed by atoms with Crippen molar-refractivity contribution >= 4 is 17.7 Å². The highest BCUT2D eigenvalue weighted by Gasteiger charge is 2.43. The molecular weight excluding hydrogens is 238 g/mol. The molecule has 0 aromatic heterocycles. The second kappa shape index (κ2) is 4.66. The number of imide groups is 1. The van der Waals surface area contributed by atoms with E-state index in [2.05, 4.69) is 5.32 Å². The SMILES string of the molecule is CC1C(=O)NC(=O)CN1C(=O)C1(N)CCOCC1. The van der Waals surface area contributed by atoms with Gasteiger partial charge in [-0.25, -0.2) is 0 Å². The molecule has 0 saturated carbocycles. The van der Waals surface area contributed by atoms with Gasteiger partial charge in [-0.05, 0) is 19.8 Å². The van der Waals surface area contributed by atoms with Gasteiger partial charge in [-0.15, -0.1) is 0 Å². The number of nitrogens with one attached hydrogen (secondary N) is 1. The highest BCUT2D eigenvalue weighted by atomic mass is 16.5. The lowest BCUT2D eigenvalue weighted by Crippen LogP contribution is -2.66. The summed E-state index contributed by atoms with van der Waals surface area (Å²) in [5, 5.41) is 2.19. The van der Waals surface area contributed by atoms with Crippen molar-refractivity contribution in [1.82, 2.24) is 10.2 Å². The first kappa shape index (κ1) is 13.0. The normalized spacial score (nSPS) is 27.9. The summed E-state index contributed by atoms with van der Waals surface area (Å²) < 4.78 is 5.17. The van der Waals surface area contributed by atoms with Crippen LogP contribution >= 0.6 is 0 Å². The monoisotopic (exact) mass is 255 g/mol. The van der Waals surface area contributed by atoms with Gasteiger partial charge in [0, 0.05) is 13.2 Å². The molecule has 0 aromatic rings. The van der Waals surface area contributed by atoms with E-state index < -0.39 is 23.4 Å². The number of carbonyl (C=O) groups is 3. The van der Waals surface area contributed by atoms with Crippen molar-refractivity contribution in [2.24, 2.45) is 5.73 Å². The third kappa shape index (κ3) is 2.23. The van der Waals surface area contributed by atoms with Crippen LogP contribution in [0.2, 0.25) is 0 Å². The Morgan fingerprint density at radius 1 is 1.44 bits per heavy atom. The molecule has 2 aliphatic heterocycles. The summed E-state index contributed by atoms with van der Waals surface area (Å²) in [5.74, 6) is -1.28. The van der Waals surface area contributed by atoms with Crippen LogP contribution in [0.5, 0.6) is 0 Å². The van der Waals surface area contributed by atoms with E-state index in [9.17, 15) is 14.4 Å². The van der Waals surface area contributed by atoms with E-state index in [1.807, 2.05) is 0 Å². The fourth-order valence-corrected chi connectivity index (χ4v) is 2.20. The van der Waals surface area contributed by atoms with Gasteiger partial charge in [0.25, 0.3) is 0 Å². The summed E-state index contributed by atoms with van der Waals surface area (Å²) in [4.78, 5) is 36.5. The van der Waals surface area contributed by atoms with E-state index in [-0.39, 0.29) is 12.5 Å². The van der Waals surface area contributed by atoms with E-state index >= 15 is 0 Å². The number of hydrogen-bond acceptors (Lipinski definition) is 5. The van der Waals surface area contributed by atoms with Crippen LogP contribution in [-0.4, -0.2) is 54.0 Å². The molecule has 100 valence electrons. The molecule has 3 N–H and O–H groups in total. The molecule has 7 heteroatoms. The molecule has 3 amide bonds. The van der Waals surface area contributed by atoms with Gasteiger partial charge in [-0.1, -0.05) is 0 Å². The van der Waals surface area contributed by atoms with Crippen LogP contribution in [0.3, 0.4) is 0 Å². The lowest BCUT2D eigenvalue weighted by Gasteiger charge is -2.40. The molecule has 2 fully saturated rings. The summed E-state index contributed by atoms with van der Waals surface area (Å²) in [7, 11) is 0. The Bertz CT molecular complexity index is 390. The fraction of sp³-hybridized carbons (Fsp3) is 0.727. The molecule has 18 heavy (non-hydrogen) atoms. The van der Waals surface area contributed by atoms with Crippen molar-refractivity contribution in [1.29, 1.82) is 0 Å². The zero-order valence-electron chi connectivity index (χ0n) is 10.3. The number of nitrogens with two attached hydrogens (primary N) is 1. The van der Waals surface area contributed by atoms with Crippen LogP contribution in [0.4, 0.5) is 0 Å². The average molecular weight is 255 g/mol. The Labute approximate surface area is 105 Å². The summed E-state index contributed by atoms with van der Waals surface area (Å²) in [6, 6.07) is -0.668. The van der Waals surface area contributed by atoms with Gasteiger partial charge in [0.15, 0.2) is 0 Å². The number of nitrogens with zero attached hydrogens (tertiary/aromatic N) is 1. The largest absolute Gasteiger partial charge is 0.381 e. The van der Waals surface area contributed by atoms with E-state index in [1.54, 1.807) is 6.92 Å². The molecule has 0 bridgehead atoms. The number of rotatable bonds is 1. The number of amides is 3. The third-order valence-electron chi connectivity index (χ3n) is 3.50. The van der Waals surface area contributed by atoms with Gasteiger partial charge < -0.3 is 15.4 Å². The van der Waals surface area contributed by atoms with Gasteiger partial charge >= 0.3 is 0 Å². The number of ether oxygens (including phenoxy) is 1. The third-order valence-corrected chi connectivity index (χ3v) is 3.50. The molecule has 2 rings (SSSR count). The van der Waals surface area contributed by atoms with Crippen LogP contribution in [0.25, 0.3) is 0 Å². The van der Waals surface area contributed by atoms with Crippen molar-refractivity contribution in [2.75, 3.05) is 19.8 Å². The summed E-state index contributed by atoms with van der Waals surface area (Å²) in [6.45, 7) is 2.31. The molecule has 0 aromatic carbocycles. The maximum atomic E-state index is 12.4. The lowest BCUT2D eigenvalue weighted by atomic mass is 9.89. The van der Waals surface area contributed by atoms with Crippen molar-refractivity contribution in [3.8, 4) is 0 Å². The predicted octanol–water partition coefficient (Wildman–Crippen LogP) is -1.63. The molecular formula is C11H17N3O4. The fourth-order valence-electron chi connectivity index (χ4n) is 2.20. The Morgan fingerprint density at radius 2 is 2.06 bits per heavy atom. The van der Waals surface area contributed by atoms with Gasteiger partial charge in [-0.3, -0.25) is 19.7 Å². The zero-order chi connectivity index (χ0) is 13.3.